The topological polar surface area (TPSA) is 42.2 Å². The minimum absolute atomic E-state index is 0.581. The fraction of sp³-hybridized carbons (Fsp3) is 0.0833. The molecule has 0 saturated heterocycles. The molecule has 0 saturated carbocycles. The van der Waals surface area contributed by atoms with E-state index in [4.69, 9.17) is 4.42 Å². The first-order valence-electron chi connectivity index (χ1n) is 4.70. The van der Waals surface area contributed by atoms with Gasteiger partial charge in [-0.05, 0) is 24.3 Å². The molecule has 1 heterocycles. The van der Waals surface area contributed by atoms with Crippen molar-refractivity contribution in [2.45, 2.75) is 6.54 Å². The highest BCUT2D eigenvalue weighted by atomic mass is 16.3. The summed E-state index contributed by atoms with van der Waals surface area (Å²) in [4.78, 5) is 10.7. The van der Waals surface area contributed by atoms with Gasteiger partial charge >= 0.3 is 0 Å². The van der Waals surface area contributed by atoms with Crippen LogP contribution in [-0.2, 0) is 6.54 Å². The number of benzene rings is 1. The van der Waals surface area contributed by atoms with Gasteiger partial charge in [0, 0.05) is 11.3 Å². The molecule has 0 atom stereocenters. The molecule has 0 bridgehead atoms. The minimum Gasteiger partial charge on any atom is -0.467 e. The van der Waals surface area contributed by atoms with Crippen LogP contribution in [0.4, 0.5) is 5.69 Å². The lowest BCUT2D eigenvalue weighted by Gasteiger charge is -2.06. The van der Waals surface area contributed by atoms with Crippen LogP contribution in [0.2, 0.25) is 0 Å². The van der Waals surface area contributed by atoms with Crippen LogP contribution in [0.5, 0.6) is 0 Å². The monoisotopic (exact) mass is 201 g/mol. The first-order valence-corrected chi connectivity index (χ1v) is 4.70. The van der Waals surface area contributed by atoms with E-state index in [1.54, 1.807) is 12.3 Å². The summed E-state index contributed by atoms with van der Waals surface area (Å²) >= 11 is 0. The molecule has 0 aliphatic heterocycles. The number of para-hydroxylation sites is 1. The van der Waals surface area contributed by atoms with Crippen molar-refractivity contribution in [2.24, 2.45) is 0 Å². The quantitative estimate of drug-likeness (QED) is 0.773. The predicted octanol–water partition coefficient (Wildman–Crippen LogP) is 2.70. The Morgan fingerprint density at radius 3 is 2.80 bits per heavy atom. The van der Waals surface area contributed by atoms with Crippen molar-refractivity contribution < 1.29 is 9.21 Å². The summed E-state index contributed by atoms with van der Waals surface area (Å²) < 4.78 is 5.18. The third-order valence-electron chi connectivity index (χ3n) is 2.12. The summed E-state index contributed by atoms with van der Waals surface area (Å²) in [5.74, 6) is 0.843. The molecular weight excluding hydrogens is 190 g/mol. The Morgan fingerprint density at radius 2 is 2.07 bits per heavy atom. The molecule has 1 N–H and O–H groups in total. The van der Waals surface area contributed by atoms with Gasteiger partial charge in [-0.2, -0.15) is 0 Å². The van der Waals surface area contributed by atoms with E-state index < -0.39 is 0 Å². The third kappa shape index (κ3) is 2.26. The maximum atomic E-state index is 10.7. The number of furan rings is 1. The summed E-state index contributed by atoms with van der Waals surface area (Å²) in [5, 5.41) is 3.14. The van der Waals surface area contributed by atoms with E-state index in [0.717, 1.165) is 17.7 Å². The maximum absolute atomic E-state index is 10.7. The van der Waals surface area contributed by atoms with E-state index >= 15 is 0 Å². The fourth-order valence-electron chi connectivity index (χ4n) is 1.36. The highest BCUT2D eigenvalue weighted by molar-refractivity contribution is 5.83. The van der Waals surface area contributed by atoms with Crippen LogP contribution >= 0.6 is 0 Å². The molecule has 76 valence electrons. The van der Waals surface area contributed by atoms with Crippen LogP contribution in [0.25, 0.3) is 0 Å². The smallest absolute Gasteiger partial charge is 0.152 e. The third-order valence-corrected chi connectivity index (χ3v) is 2.12. The predicted molar refractivity (Wildman–Crippen MR) is 57.9 cm³/mol. The number of carbonyl (C=O) groups is 1. The number of hydrogen-bond donors (Lipinski definition) is 1. The van der Waals surface area contributed by atoms with Gasteiger partial charge < -0.3 is 9.73 Å². The number of aldehydes is 1. The zero-order valence-electron chi connectivity index (χ0n) is 8.14. The van der Waals surface area contributed by atoms with Gasteiger partial charge in [0.1, 0.15) is 5.76 Å². The second-order valence-electron chi connectivity index (χ2n) is 3.14. The fourth-order valence-corrected chi connectivity index (χ4v) is 1.36. The molecule has 2 rings (SSSR count). The molecule has 2 aromatic rings. The van der Waals surface area contributed by atoms with Crippen LogP contribution in [0.1, 0.15) is 16.1 Å². The van der Waals surface area contributed by atoms with Gasteiger partial charge in [-0.1, -0.05) is 12.1 Å². The number of carbonyl (C=O) groups excluding carboxylic acids is 1. The van der Waals surface area contributed by atoms with Gasteiger partial charge in [-0.25, -0.2) is 0 Å². The average Bonchev–Trinajstić information content (AvgIpc) is 2.79. The molecule has 0 aliphatic carbocycles. The molecule has 0 fully saturated rings. The molecule has 0 amide bonds. The Kier molecular flexibility index (Phi) is 2.83. The van der Waals surface area contributed by atoms with Gasteiger partial charge in [0.05, 0.1) is 12.8 Å². The van der Waals surface area contributed by atoms with Crippen molar-refractivity contribution in [1.82, 2.24) is 0 Å². The normalized spacial score (nSPS) is 9.87. The molecule has 1 aromatic carbocycles. The lowest BCUT2D eigenvalue weighted by atomic mass is 10.2. The van der Waals surface area contributed by atoms with Crippen LogP contribution < -0.4 is 5.32 Å². The molecule has 0 spiro atoms. The summed E-state index contributed by atoms with van der Waals surface area (Å²) in [5.41, 5.74) is 1.48. The van der Waals surface area contributed by atoms with Crippen LogP contribution in [0.3, 0.4) is 0 Å². The van der Waals surface area contributed by atoms with Gasteiger partial charge in [0.25, 0.3) is 0 Å². The van der Waals surface area contributed by atoms with E-state index in [-0.39, 0.29) is 0 Å². The van der Waals surface area contributed by atoms with Gasteiger partial charge in [-0.15, -0.1) is 0 Å². The number of rotatable bonds is 4. The molecular formula is C12H11NO2. The van der Waals surface area contributed by atoms with Crippen molar-refractivity contribution in [2.75, 3.05) is 5.32 Å². The first kappa shape index (κ1) is 9.52. The molecule has 3 heteroatoms. The largest absolute Gasteiger partial charge is 0.467 e. The maximum Gasteiger partial charge on any atom is 0.152 e. The molecule has 0 aliphatic rings. The summed E-state index contributed by atoms with van der Waals surface area (Å²) in [7, 11) is 0. The summed E-state index contributed by atoms with van der Waals surface area (Å²) in [6.45, 7) is 0.581. The zero-order valence-corrected chi connectivity index (χ0v) is 8.14. The summed E-state index contributed by atoms with van der Waals surface area (Å²) in [6, 6.07) is 11.1. The highest BCUT2D eigenvalue weighted by Gasteiger charge is 2.00. The average molecular weight is 201 g/mol. The van der Waals surface area contributed by atoms with Crippen LogP contribution in [-0.4, -0.2) is 6.29 Å². The van der Waals surface area contributed by atoms with Crippen molar-refractivity contribution in [3.63, 3.8) is 0 Å². The Balaban J connectivity index is 2.07. The standard InChI is InChI=1S/C12H11NO2/c14-9-10-4-1-2-6-12(10)13-8-11-5-3-7-15-11/h1-7,9,13H,8H2. The Labute approximate surface area is 87.7 Å². The van der Waals surface area contributed by atoms with Crippen molar-refractivity contribution in [1.29, 1.82) is 0 Å². The Bertz CT molecular complexity index is 435. The Morgan fingerprint density at radius 1 is 1.20 bits per heavy atom. The second kappa shape index (κ2) is 4.46. The summed E-state index contributed by atoms with van der Waals surface area (Å²) in [6.07, 6.45) is 2.47. The minimum atomic E-state index is 0.581. The van der Waals surface area contributed by atoms with E-state index in [0.29, 0.717) is 12.1 Å². The second-order valence-corrected chi connectivity index (χ2v) is 3.14. The van der Waals surface area contributed by atoms with Gasteiger partial charge in [0.2, 0.25) is 0 Å². The lowest BCUT2D eigenvalue weighted by molar-refractivity contribution is 0.112. The van der Waals surface area contributed by atoms with Gasteiger partial charge in [0.15, 0.2) is 6.29 Å². The SMILES string of the molecule is O=Cc1ccccc1NCc1ccco1. The number of anilines is 1. The van der Waals surface area contributed by atoms with E-state index in [1.807, 2.05) is 30.3 Å². The molecule has 0 unspecified atom stereocenters. The molecule has 3 nitrogen and oxygen atoms in total. The lowest BCUT2D eigenvalue weighted by Crippen LogP contribution is -2.00. The molecule has 1 aromatic heterocycles. The van der Waals surface area contributed by atoms with E-state index in [9.17, 15) is 4.79 Å². The van der Waals surface area contributed by atoms with Crippen molar-refractivity contribution in [3.05, 3.63) is 54.0 Å². The van der Waals surface area contributed by atoms with Crippen LogP contribution in [0, 0.1) is 0 Å². The van der Waals surface area contributed by atoms with Crippen molar-refractivity contribution in [3.8, 4) is 0 Å². The van der Waals surface area contributed by atoms with E-state index in [2.05, 4.69) is 5.32 Å². The number of hydrogen-bond acceptors (Lipinski definition) is 3. The zero-order chi connectivity index (χ0) is 10.5. The molecule has 0 radical (unpaired) electrons. The van der Waals surface area contributed by atoms with Crippen LogP contribution in [0.15, 0.2) is 47.1 Å². The molecule has 15 heavy (non-hydrogen) atoms. The first-order chi connectivity index (χ1) is 7.40. The van der Waals surface area contributed by atoms with E-state index in [1.165, 1.54) is 0 Å². The highest BCUT2D eigenvalue weighted by Crippen LogP contribution is 2.13. The Hall–Kier alpha value is -2.03. The van der Waals surface area contributed by atoms with Crippen molar-refractivity contribution >= 4 is 12.0 Å². The van der Waals surface area contributed by atoms with Gasteiger partial charge in [-0.3, -0.25) is 4.79 Å². The number of nitrogens with one attached hydrogen (secondary N) is 1.